The Morgan fingerprint density at radius 2 is 2.05 bits per heavy atom. The second kappa shape index (κ2) is 6.86. The van der Waals surface area contributed by atoms with Crippen molar-refractivity contribution in [3.05, 3.63) is 35.9 Å². The first-order valence-corrected chi connectivity index (χ1v) is 7.36. The molecule has 1 amide bonds. The van der Waals surface area contributed by atoms with Gasteiger partial charge in [0, 0.05) is 25.7 Å². The van der Waals surface area contributed by atoms with Crippen molar-refractivity contribution in [2.45, 2.75) is 31.8 Å². The molecule has 1 heterocycles. The zero-order valence-corrected chi connectivity index (χ0v) is 12.5. The minimum atomic E-state index is -0.388. The van der Waals surface area contributed by atoms with Crippen molar-refractivity contribution in [2.24, 2.45) is 5.73 Å². The molecule has 1 aromatic carbocycles. The van der Waals surface area contributed by atoms with Gasteiger partial charge in [-0.05, 0) is 32.4 Å². The number of nitrogens with two attached hydrogens (primary N) is 1. The molecule has 1 fully saturated rings. The lowest BCUT2D eigenvalue weighted by Crippen LogP contribution is -2.56. The van der Waals surface area contributed by atoms with E-state index < -0.39 is 0 Å². The summed E-state index contributed by atoms with van der Waals surface area (Å²) in [6.07, 6.45) is 1.57. The number of hydrogen-bond acceptors (Lipinski definition) is 3. The lowest BCUT2D eigenvalue weighted by molar-refractivity contribution is -0.136. The minimum absolute atomic E-state index is 0.0986. The molecule has 110 valence electrons. The van der Waals surface area contributed by atoms with Gasteiger partial charge in [-0.2, -0.15) is 0 Å². The van der Waals surface area contributed by atoms with E-state index in [-0.39, 0.29) is 18.0 Å². The van der Waals surface area contributed by atoms with E-state index in [2.05, 4.69) is 31.0 Å². The summed E-state index contributed by atoms with van der Waals surface area (Å²) in [6.45, 7) is 4.74. The van der Waals surface area contributed by atoms with Gasteiger partial charge in [-0.15, -0.1) is 0 Å². The zero-order valence-electron chi connectivity index (χ0n) is 12.5. The van der Waals surface area contributed by atoms with Crippen LogP contribution in [-0.4, -0.2) is 54.5 Å². The van der Waals surface area contributed by atoms with Gasteiger partial charge in [0.15, 0.2) is 0 Å². The van der Waals surface area contributed by atoms with Crippen molar-refractivity contribution < 1.29 is 4.79 Å². The van der Waals surface area contributed by atoms with Crippen molar-refractivity contribution in [2.75, 3.05) is 26.7 Å². The summed E-state index contributed by atoms with van der Waals surface area (Å²) in [6, 6.07) is 10.1. The average molecular weight is 275 g/mol. The van der Waals surface area contributed by atoms with Gasteiger partial charge in [0.1, 0.15) is 0 Å². The number of nitrogens with zero attached hydrogens (tertiary/aromatic N) is 2. The van der Waals surface area contributed by atoms with Crippen LogP contribution in [0.15, 0.2) is 30.3 Å². The van der Waals surface area contributed by atoms with Crippen molar-refractivity contribution >= 4 is 5.91 Å². The summed E-state index contributed by atoms with van der Waals surface area (Å²) in [5, 5.41) is 0. The molecule has 4 heteroatoms. The topological polar surface area (TPSA) is 49.6 Å². The Balaban J connectivity index is 1.85. The van der Waals surface area contributed by atoms with Gasteiger partial charge in [0.2, 0.25) is 5.91 Å². The maximum atomic E-state index is 12.4. The summed E-state index contributed by atoms with van der Waals surface area (Å²) in [7, 11) is 2.09. The van der Waals surface area contributed by atoms with E-state index in [1.807, 2.05) is 23.1 Å². The molecule has 1 unspecified atom stereocenters. The van der Waals surface area contributed by atoms with Crippen LogP contribution in [0.4, 0.5) is 0 Å². The van der Waals surface area contributed by atoms with Gasteiger partial charge in [-0.25, -0.2) is 0 Å². The lowest BCUT2D eigenvalue weighted by atomic mass is 10.0. The highest BCUT2D eigenvalue weighted by atomic mass is 16.2. The van der Waals surface area contributed by atoms with E-state index in [0.717, 1.165) is 26.1 Å². The van der Waals surface area contributed by atoms with Crippen LogP contribution < -0.4 is 5.73 Å². The van der Waals surface area contributed by atoms with Crippen LogP contribution in [0.25, 0.3) is 0 Å². The SMILES string of the molecule is CC1CN(C)CCN1C(=O)[C@@H](N)CCc1ccccc1. The van der Waals surface area contributed by atoms with Gasteiger partial charge in [0.05, 0.1) is 6.04 Å². The van der Waals surface area contributed by atoms with Crippen molar-refractivity contribution in [1.29, 1.82) is 0 Å². The molecule has 2 atom stereocenters. The largest absolute Gasteiger partial charge is 0.336 e. The highest BCUT2D eigenvalue weighted by Crippen LogP contribution is 2.12. The number of hydrogen-bond donors (Lipinski definition) is 1. The van der Waals surface area contributed by atoms with Crippen molar-refractivity contribution in [3.8, 4) is 0 Å². The molecule has 0 aromatic heterocycles. The Bertz CT molecular complexity index is 435. The van der Waals surface area contributed by atoms with Crippen LogP contribution in [0.1, 0.15) is 18.9 Å². The summed E-state index contributed by atoms with van der Waals surface area (Å²) in [5.41, 5.74) is 7.33. The number of aryl methyl sites for hydroxylation is 1. The Morgan fingerprint density at radius 3 is 2.70 bits per heavy atom. The van der Waals surface area contributed by atoms with Gasteiger partial charge < -0.3 is 15.5 Å². The van der Waals surface area contributed by atoms with Crippen LogP contribution in [-0.2, 0) is 11.2 Å². The molecule has 0 radical (unpaired) electrons. The first kappa shape index (κ1) is 15.0. The van der Waals surface area contributed by atoms with Crippen LogP contribution in [0, 0.1) is 0 Å². The molecule has 4 nitrogen and oxygen atoms in total. The monoisotopic (exact) mass is 275 g/mol. The summed E-state index contributed by atoms with van der Waals surface area (Å²) in [4.78, 5) is 16.6. The lowest BCUT2D eigenvalue weighted by Gasteiger charge is -2.39. The Morgan fingerprint density at radius 1 is 1.35 bits per heavy atom. The normalized spacial score (nSPS) is 21.8. The first-order chi connectivity index (χ1) is 9.58. The van der Waals surface area contributed by atoms with Crippen LogP contribution in [0.3, 0.4) is 0 Å². The third kappa shape index (κ3) is 3.81. The average Bonchev–Trinajstić information content (AvgIpc) is 2.45. The standard InChI is InChI=1S/C16H25N3O/c1-13-12-18(2)10-11-19(13)16(20)15(17)9-8-14-6-4-3-5-7-14/h3-7,13,15H,8-12,17H2,1-2H3/t13?,15-/m0/s1. The molecular weight excluding hydrogens is 250 g/mol. The van der Waals surface area contributed by atoms with E-state index in [0.29, 0.717) is 6.42 Å². The number of carbonyl (C=O) groups is 1. The molecule has 2 rings (SSSR count). The van der Waals surface area contributed by atoms with E-state index in [4.69, 9.17) is 5.73 Å². The molecule has 1 aliphatic rings. The van der Waals surface area contributed by atoms with Gasteiger partial charge in [-0.1, -0.05) is 30.3 Å². The number of likely N-dealkylation sites (N-methyl/N-ethyl adjacent to an activating group) is 1. The van der Waals surface area contributed by atoms with Gasteiger partial charge >= 0.3 is 0 Å². The Labute approximate surface area is 121 Å². The van der Waals surface area contributed by atoms with E-state index in [9.17, 15) is 4.79 Å². The summed E-state index contributed by atoms with van der Waals surface area (Å²) < 4.78 is 0. The maximum Gasteiger partial charge on any atom is 0.239 e. The Kier molecular flexibility index (Phi) is 5.15. The van der Waals surface area contributed by atoms with Crippen LogP contribution in [0.5, 0.6) is 0 Å². The third-order valence-electron chi connectivity index (χ3n) is 4.02. The molecule has 1 saturated heterocycles. The minimum Gasteiger partial charge on any atom is -0.336 e. The molecule has 0 spiro atoms. The van der Waals surface area contributed by atoms with E-state index >= 15 is 0 Å². The predicted molar refractivity (Wildman–Crippen MR) is 81.4 cm³/mol. The molecule has 1 aliphatic heterocycles. The van der Waals surface area contributed by atoms with E-state index in [1.54, 1.807) is 0 Å². The molecule has 2 N–H and O–H groups in total. The predicted octanol–water partition coefficient (Wildman–Crippen LogP) is 1.11. The second-order valence-corrected chi connectivity index (χ2v) is 5.77. The zero-order chi connectivity index (χ0) is 14.5. The second-order valence-electron chi connectivity index (χ2n) is 5.77. The van der Waals surface area contributed by atoms with Gasteiger partial charge in [0.25, 0.3) is 0 Å². The van der Waals surface area contributed by atoms with Crippen LogP contribution >= 0.6 is 0 Å². The highest BCUT2D eigenvalue weighted by Gasteiger charge is 2.28. The molecular formula is C16H25N3O. The number of carbonyl (C=O) groups excluding carboxylic acids is 1. The molecule has 0 bridgehead atoms. The first-order valence-electron chi connectivity index (χ1n) is 7.36. The molecule has 0 saturated carbocycles. The molecule has 0 aliphatic carbocycles. The fourth-order valence-corrected chi connectivity index (χ4v) is 2.77. The number of piperazine rings is 1. The third-order valence-corrected chi connectivity index (χ3v) is 4.02. The quantitative estimate of drug-likeness (QED) is 0.895. The van der Waals surface area contributed by atoms with Crippen molar-refractivity contribution in [1.82, 2.24) is 9.80 Å². The summed E-state index contributed by atoms with van der Waals surface area (Å²) >= 11 is 0. The number of rotatable bonds is 4. The van der Waals surface area contributed by atoms with Crippen LogP contribution in [0.2, 0.25) is 0 Å². The van der Waals surface area contributed by atoms with Gasteiger partial charge in [-0.3, -0.25) is 4.79 Å². The fraction of sp³-hybridized carbons (Fsp3) is 0.562. The highest BCUT2D eigenvalue weighted by molar-refractivity contribution is 5.82. The fourth-order valence-electron chi connectivity index (χ4n) is 2.77. The summed E-state index contributed by atoms with van der Waals surface area (Å²) in [5.74, 6) is 0.0986. The molecule has 20 heavy (non-hydrogen) atoms. The maximum absolute atomic E-state index is 12.4. The van der Waals surface area contributed by atoms with Crippen molar-refractivity contribution in [3.63, 3.8) is 0 Å². The molecule has 1 aromatic rings. The number of amides is 1. The number of benzene rings is 1. The Hall–Kier alpha value is -1.39. The van der Waals surface area contributed by atoms with E-state index in [1.165, 1.54) is 5.56 Å². The smallest absolute Gasteiger partial charge is 0.239 e.